The number of rotatable bonds is 3. The van der Waals surface area contributed by atoms with Crippen molar-refractivity contribution >= 4 is 11.9 Å². The quantitative estimate of drug-likeness (QED) is 0.665. The first kappa shape index (κ1) is 12.4. The van der Waals surface area contributed by atoms with Crippen molar-refractivity contribution in [3.8, 4) is 0 Å². The molecule has 1 aliphatic carbocycles. The molecule has 1 saturated carbocycles. The molecule has 0 aromatic rings. The van der Waals surface area contributed by atoms with Crippen LogP contribution in [-0.2, 0) is 9.59 Å². The lowest BCUT2D eigenvalue weighted by atomic mass is 9.88. The van der Waals surface area contributed by atoms with Crippen molar-refractivity contribution in [2.45, 2.75) is 38.6 Å². The summed E-state index contributed by atoms with van der Waals surface area (Å²) in [6.07, 6.45) is 2.89. The molecule has 1 aliphatic heterocycles. The summed E-state index contributed by atoms with van der Waals surface area (Å²) in [5.41, 5.74) is -0.318. The van der Waals surface area contributed by atoms with E-state index in [2.05, 4.69) is 10.6 Å². The predicted molar refractivity (Wildman–Crippen MR) is 62.5 cm³/mol. The van der Waals surface area contributed by atoms with Gasteiger partial charge in [0.25, 0.3) is 0 Å². The third-order valence-electron chi connectivity index (χ3n) is 4.03. The van der Waals surface area contributed by atoms with Gasteiger partial charge in [0.2, 0.25) is 5.91 Å². The van der Waals surface area contributed by atoms with Gasteiger partial charge >= 0.3 is 5.97 Å². The highest BCUT2D eigenvalue weighted by Gasteiger charge is 2.39. The number of carbonyl (C=O) groups excluding carboxylic acids is 1. The minimum Gasteiger partial charge on any atom is -0.481 e. The van der Waals surface area contributed by atoms with Gasteiger partial charge in [0.15, 0.2) is 0 Å². The van der Waals surface area contributed by atoms with Crippen LogP contribution in [0.25, 0.3) is 0 Å². The van der Waals surface area contributed by atoms with Gasteiger partial charge in [-0.2, -0.15) is 0 Å². The zero-order valence-corrected chi connectivity index (χ0v) is 10.2. The molecule has 5 nitrogen and oxygen atoms in total. The number of aliphatic carboxylic acids is 1. The minimum absolute atomic E-state index is 0.0426. The molecule has 0 bridgehead atoms. The lowest BCUT2D eigenvalue weighted by Gasteiger charge is -2.24. The first-order valence-electron chi connectivity index (χ1n) is 6.26. The van der Waals surface area contributed by atoms with E-state index in [0.717, 1.165) is 19.4 Å². The van der Waals surface area contributed by atoms with Crippen molar-refractivity contribution in [1.29, 1.82) is 0 Å². The Bertz CT molecular complexity index is 324. The lowest BCUT2D eigenvalue weighted by molar-refractivity contribution is -0.141. The molecule has 96 valence electrons. The van der Waals surface area contributed by atoms with Crippen LogP contribution in [0.4, 0.5) is 0 Å². The van der Waals surface area contributed by atoms with Gasteiger partial charge < -0.3 is 15.7 Å². The molecule has 1 amide bonds. The Morgan fingerprint density at radius 3 is 2.71 bits per heavy atom. The maximum atomic E-state index is 12.1. The standard InChI is InChI=1S/C12H20N2O3/c1-12(4-5-13-7-12)11(17)14-9-3-2-8(6-9)10(15)16/h8-9,13H,2-7H2,1H3,(H,14,17)(H,15,16)/t8-,9+,12?/m1/s1. The highest BCUT2D eigenvalue weighted by molar-refractivity contribution is 5.83. The van der Waals surface area contributed by atoms with E-state index in [1.54, 1.807) is 0 Å². The highest BCUT2D eigenvalue weighted by Crippen LogP contribution is 2.29. The predicted octanol–water partition coefficient (Wildman–Crippen LogP) is 0.356. The summed E-state index contributed by atoms with van der Waals surface area (Å²) in [6, 6.07) is 0.0426. The average molecular weight is 240 g/mol. The van der Waals surface area contributed by atoms with Gasteiger partial charge in [-0.05, 0) is 39.2 Å². The van der Waals surface area contributed by atoms with E-state index in [1.165, 1.54) is 0 Å². The molecular formula is C12H20N2O3. The Kier molecular flexibility index (Phi) is 3.38. The smallest absolute Gasteiger partial charge is 0.306 e. The first-order valence-corrected chi connectivity index (χ1v) is 6.26. The summed E-state index contributed by atoms with van der Waals surface area (Å²) >= 11 is 0. The average Bonchev–Trinajstić information content (AvgIpc) is 2.88. The van der Waals surface area contributed by atoms with Crippen LogP contribution in [0.2, 0.25) is 0 Å². The monoisotopic (exact) mass is 240 g/mol. The number of amides is 1. The van der Waals surface area contributed by atoms with Gasteiger partial charge in [-0.15, -0.1) is 0 Å². The lowest BCUT2D eigenvalue weighted by Crippen LogP contribution is -2.44. The van der Waals surface area contributed by atoms with Crippen LogP contribution in [-0.4, -0.2) is 36.1 Å². The number of carboxylic acids is 1. The summed E-state index contributed by atoms with van der Waals surface area (Å²) < 4.78 is 0. The Morgan fingerprint density at radius 2 is 2.18 bits per heavy atom. The van der Waals surface area contributed by atoms with Crippen molar-refractivity contribution in [3.63, 3.8) is 0 Å². The van der Waals surface area contributed by atoms with Crippen molar-refractivity contribution in [3.05, 3.63) is 0 Å². The topological polar surface area (TPSA) is 78.4 Å². The summed E-state index contributed by atoms with van der Waals surface area (Å²) in [6.45, 7) is 3.56. The van der Waals surface area contributed by atoms with E-state index in [1.807, 2.05) is 6.92 Å². The molecule has 3 atom stereocenters. The second-order valence-corrected chi connectivity index (χ2v) is 5.51. The molecule has 1 heterocycles. The van der Waals surface area contributed by atoms with Gasteiger partial charge in [-0.3, -0.25) is 9.59 Å². The third-order valence-corrected chi connectivity index (χ3v) is 4.03. The summed E-state index contributed by atoms with van der Waals surface area (Å²) in [5, 5.41) is 15.1. The minimum atomic E-state index is -0.740. The fraction of sp³-hybridized carbons (Fsp3) is 0.833. The molecule has 0 spiro atoms. The van der Waals surface area contributed by atoms with Gasteiger partial charge in [0.1, 0.15) is 0 Å². The van der Waals surface area contributed by atoms with Crippen molar-refractivity contribution in [2.24, 2.45) is 11.3 Å². The molecule has 1 saturated heterocycles. The highest BCUT2D eigenvalue weighted by atomic mass is 16.4. The molecule has 0 aromatic carbocycles. The second-order valence-electron chi connectivity index (χ2n) is 5.51. The van der Waals surface area contributed by atoms with E-state index in [-0.39, 0.29) is 23.3 Å². The van der Waals surface area contributed by atoms with E-state index in [4.69, 9.17) is 5.11 Å². The number of nitrogens with one attached hydrogen (secondary N) is 2. The fourth-order valence-electron chi connectivity index (χ4n) is 2.71. The molecule has 1 unspecified atom stereocenters. The van der Waals surface area contributed by atoms with Gasteiger partial charge in [-0.1, -0.05) is 0 Å². The number of hydrogen-bond donors (Lipinski definition) is 3. The van der Waals surface area contributed by atoms with Gasteiger partial charge in [-0.25, -0.2) is 0 Å². The first-order chi connectivity index (χ1) is 8.01. The van der Waals surface area contributed by atoms with Crippen LogP contribution in [0.3, 0.4) is 0 Å². The van der Waals surface area contributed by atoms with Crippen LogP contribution in [0.15, 0.2) is 0 Å². The van der Waals surface area contributed by atoms with E-state index in [0.29, 0.717) is 19.4 Å². The van der Waals surface area contributed by atoms with Gasteiger partial charge in [0.05, 0.1) is 11.3 Å². The molecule has 5 heteroatoms. The Balaban J connectivity index is 1.86. The SMILES string of the molecule is CC1(C(=O)N[C@H]2CC[C@@H](C(=O)O)C2)CCNC1. The normalized spacial score (nSPS) is 37.0. The zero-order valence-electron chi connectivity index (χ0n) is 10.2. The molecule has 0 radical (unpaired) electrons. The van der Waals surface area contributed by atoms with Crippen molar-refractivity contribution < 1.29 is 14.7 Å². The number of carbonyl (C=O) groups is 2. The van der Waals surface area contributed by atoms with Crippen LogP contribution in [0.5, 0.6) is 0 Å². The van der Waals surface area contributed by atoms with Crippen molar-refractivity contribution in [2.75, 3.05) is 13.1 Å². The summed E-state index contributed by atoms with van der Waals surface area (Å²) in [5.74, 6) is -0.955. The van der Waals surface area contributed by atoms with Crippen LogP contribution in [0, 0.1) is 11.3 Å². The Labute approximate surface area is 101 Å². The van der Waals surface area contributed by atoms with E-state index < -0.39 is 5.97 Å². The molecule has 17 heavy (non-hydrogen) atoms. The molecule has 2 rings (SSSR count). The number of carboxylic acid groups (broad SMARTS) is 1. The molecule has 3 N–H and O–H groups in total. The fourth-order valence-corrected chi connectivity index (χ4v) is 2.71. The number of hydrogen-bond acceptors (Lipinski definition) is 3. The van der Waals surface area contributed by atoms with E-state index >= 15 is 0 Å². The Morgan fingerprint density at radius 1 is 1.41 bits per heavy atom. The largest absolute Gasteiger partial charge is 0.481 e. The van der Waals surface area contributed by atoms with E-state index in [9.17, 15) is 9.59 Å². The molecule has 2 fully saturated rings. The summed E-state index contributed by atoms with van der Waals surface area (Å²) in [4.78, 5) is 22.9. The van der Waals surface area contributed by atoms with Crippen LogP contribution < -0.4 is 10.6 Å². The van der Waals surface area contributed by atoms with Crippen molar-refractivity contribution in [1.82, 2.24) is 10.6 Å². The summed E-state index contributed by atoms with van der Waals surface area (Å²) in [7, 11) is 0. The maximum Gasteiger partial charge on any atom is 0.306 e. The molecule has 0 aromatic heterocycles. The second kappa shape index (κ2) is 4.64. The Hall–Kier alpha value is -1.10. The molecular weight excluding hydrogens is 220 g/mol. The van der Waals surface area contributed by atoms with Crippen LogP contribution in [0.1, 0.15) is 32.6 Å². The third kappa shape index (κ3) is 2.60. The van der Waals surface area contributed by atoms with Crippen LogP contribution >= 0.6 is 0 Å². The zero-order chi connectivity index (χ0) is 12.5. The molecule has 2 aliphatic rings. The maximum absolute atomic E-state index is 12.1. The van der Waals surface area contributed by atoms with Gasteiger partial charge in [0, 0.05) is 12.6 Å².